The lowest BCUT2D eigenvalue weighted by Gasteiger charge is -2.24. The zero-order valence-electron chi connectivity index (χ0n) is 10.3. The van der Waals surface area contributed by atoms with Crippen LogP contribution in [0.15, 0.2) is 12.1 Å². The van der Waals surface area contributed by atoms with Crippen LogP contribution >= 0.6 is 0 Å². The van der Waals surface area contributed by atoms with Crippen molar-refractivity contribution in [2.24, 2.45) is 5.73 Å². The number of aryl methyl sites for hydroxylation is 2. The first-order valence-electron chi connectivity index (χ1n) is 5.38. The van der Waals surface area contributed by atoms with Gasteiger partial charge in [-0.05, 0) is 32.9 Å². The lowest BCUT2D eigenvalue weighted by atomic mass is 10.1. The van der Waals surface area contributed by atoms with Gasteiger partial charge in [0.15, 0.2) is 0 Å². The molecule has 1 aromatic rings. The summed E-state index contributed by atoms with van der Waals surface area (Å²) >= 11 is 0. The molecule has 2 N–H and O–H groups in total. The van der Waals surface area contributed by atoms with Crippen LogP contribution in [0.25, 0.3) is 0 Å². The van der Waals surface area contributed by atoms with E-state index in [0.717, 1.165) is 11.4 Å². The fraction of sp³-hybridized carbons (Fsp3) is 0.500. The molecule has 1 heterocycles. The zero-order valence-corrected chi connectivity index (χ0v) is 10.3. The summed E-state index contributed by atoms with van der Waals surface area (Å²) in [6.07, 6.45) is 0. The van der Waals surface area contributed by atoms with Crippen LogP contribution in [-0.2, 0) is 0 Å². The SMILES string of the molecule is Cc1ccc(C(=O)N(C)C(C)CN)c(C)n1. The third kappa shape index (κ3) is 2.58. The molecule has 0 fully saturated rings. The van der Waals surface area contributed by atoms with Crippen molar-refractivity contribution >= 4 is 5.91 Å². The van der Waals surface area contributed by atoms with E-state index in [2.05, 4.69) is 4.98 Å². The summed E-state index contributed by atoms with van der Waals surface area (Å²) in [5.74, 6) is -0.0250. The van der Waals surface area contributed by atoms with E-state index in [1.165, 1.54) is 0 Å². The van der Waals surface area contributed by atoms with Crippen LogP contribution in [0, 0.1) is 13.8 Å². The lowest BCUT2D eigenvalue weighted by molar-refractivity contribution is 0.0747. The number of carbonyl (C=O) groups excluding carboxylic acids is 1. The predicted molar refractivity (Wildman–Crippen MR) is 64.3 cm³/mol. The molecule has 1 unspecified atom stereocenters. The van der Waals surface area contributed by atoms with E-state index < -0.39 is 0 Å². The number of nitrogens with zero attached hydrogens (tertiary/aromatic N) is 2. The average molecular weight is 221 g/mol. The first-order valence-corrected chi connectivity index (χ1v) is 5.38. The largest absolute Gasteiger partial charge is 0.338 e. The molecule has 1 aromatic heterocycles. The van der Waals surface area contributed by atoms with Crippen LogP contribution in [0.2, 0.25) is 0 Å². The van der Waals surface area contributed by atoms with Crippen LogP contribution < -0.4 is 5.73 Å². The lowest BCUT2D eigenvalue weighted by Crippen LogP contribution is -2.40. The molecule has 0 aliphatic rings. The van der Waals surface area contributed by atoms with E-state index in [9.17, 15) is 4.79 Å². The summed E-state index contributed by atoms with van der Waals surface area (Å²) in [4.78, 5) is 18.0. The minimum Gasteiger partial charge on any atom is -0.338 e. The highest BCUT2D eigenvalue weighted by molar-refractivity contribution is 5.95. The summed E-state index contributed by atoms with van der Waals surface area (Å²) in [5.41, 5.74) is 7.87. The number of hydrogen-bond acceptors (Lipinski definition) is 3. The van der Waals surface area contributed by atoms with Gasteiger partial charge in [0.25, 0.3) is 5.91 Å². The second kappa shape index (κ2) is 5.07. The van der Waals surface area contributed by atoms with Crippen LogP contribution in [0.3, 0.4) is 0 Å². The maximum absolute atomic E-state index is 12.1. The minimum absolute atomic E-state index is 0.0250. The molecule has 0 radical (unpaired) electrons. The Bertz CT molecular complexity index is 390. The van der Waals surface area contributed by atoms with Crippen LogP contribution in [0.5, 0.6) is 0 Å². The van der Waals surface area contributed by atoms with Gasteiger partial charge in [0, 0.05) is 25.3 Å². The quantitative estimate of drug-likeness (QED) is 0.832. The molecular formula is C12H19N3O. The highest BCUT2D eigenvalue weighted by Gasteiger charge is 2.18. The Labute approximate surface area is 96.5 Å². The molecular weight excluding hydrogens is 202 g/mol. The van der Waals surface area contributed by atoms with Crippen molar-refractivity contribution in [2.45, 2.75) is 26.8 Å². The Balaban J connectivity index is 2.96. The van der Waals surface area contributed by atoms with Crippen LogP contribution in [0.1, 0.15) is 28.7 Å². The second-order valence-electron chi connectivity index (χ2n) is 4.09. The summed E-state index contributed by atoms with van der Waals surface area (Å²) < 4.78 is 0. The summed E-state index contributed by atoms with van der Waals surface area (Å²) in [6.45, 7) is 6.14. The topological polar surface area (TPSA) is 59.2 Å². The van der Waals surface area contributed by atoms with Gasteiger partial charge < -0.3 is 10.6 Å². The summed E-state index contributed by atoms with van der Waals surface area (Å²) in [7, 11) is 1.76. The molecule has 1 atom stereocenters. The Morgan fingerprint density at radius 3 is 2.62 bits per heavy atom. The average Bonchev–Trinajstić information content (AvgIpc) is 2.26. The number of rotatable bonds is 3. The Kier molecular flexibility index (Phi) is 4.01. The molecule has 0 bridgehead atoms. The molecule has 1 amide bonds. The fourth-order valence-electron chi connectivity index (χ4n) is 1.46. The number of pyridine rings is 1. The number of hydrogen-bond donors (Lipinski definition) is 1. The van der Waals surface area contributed by atoms with Crippen molar-refractivity contribution in [2.75, 3.05) is 13.6 Å². The Morgan fingerprint density at radius 2 is 2.12 bits per heavy atom. The maximum Gasteiger partial charge on any atom is 0.255 e. The monoisotopic (exact) mass is 221 g/mol. The smallest absolute Gasteiger partial charge is 0.255 e. The second-order valence-corrected chi connectivity index (χ2v) is 4.09. The van der Waals surface area contributed by atoms with E-state index in [0.29, 0.717) is 12.1 Å². The van der Waals surface area contributed by atoms with Crippen molar-refractivity contribution < 1.29 is 4.79 Å². The number of aromatic nitrogens is 1. The van der Waals surface area contributed by atoms with Gasteiger partial charge in [-0.1, -0.05) is 0 Å². The molecule has 0 saturated carbocycles. The summed E-state index contributed by atoms with van der Waals surface area (Å²) in [6, 6.07) is 3.70. The van der Waals surface area contributed by atoms with Crippen molar-refractivity contribution in [3.05, 3.63) is 29.1 Å². The van der Waals surface area contributed by atoms with Gasteiger partial charge >= 0.3 is 0 Å². The van der Waals surface area contributed by atoms with Gasteiger partial charge in [0.1, 0.15) is 0 Å². The first-order chi connectivity index (χ1) is 7.47. The van der Waals surface area contributed by atoms with Gasteiger partial charge in [-0.3, -0.25) is 9.78 Å². The number of likely N-dealkylation sites (N-methyl/N-ethyl adjacent to an activating group) is 1. The van der Waals surface area contributed by atoms with Crippen LogP contribution in [0.4, 0.5) is 0 Å². The first kappa shape index (κ1) is 12.6. The summed E-state index contributed by atoms with van der Waals surface area (Å²) in [5, 5.41) is 0. The van der Waals surface area contributed by atoms with E-state index in [-0.39, 0.29) is 11.9 Å². The highest BCUT2D eigenvalue weighted by atomic mass is 16.2. The van der Waals surface area contributed by atoms with Crippen molar-refractivity contribution in [3.63, 3.8) is 0 Å². The molecule has 0 aromatic carbocycles. The molecule has 4 heteroatoms. The number of amides is 1. The third-order valence-electron chi connectivity index (χ3n) is 2.78. The van der Waals surface area contributed by atoms with Crippen LogP contribution in [-0.4, -0.2) is 35.4 Å². The molecule has 0 saturated heterocycles. The molecule has 16 heavy (non-hydrogen) atoms. The third-order valence-corrected chi connectivity index (χ3v) is 2.78. The molecule has 0 aliphatic carbocycles. The Morgan fingerprint density at radius 1 is 1.50 bits per heavy atom. The van der Waals surface area contributed by atoms with E-state index >= 15 is 0 Å². The fourth-order valence-corrected chi connectivity index (χ4v) is 1.46. The molecule has 0 aliphatic heterocycles. The molecule has 0 spiro atoms. The van der Waals surface area contributed by atoms with E-state index in [4.69, 9.17) is 5.73 Å². The maximum atomic E-state index is 12.1. The number of nitrogens with two attached hydrogens (primary N) is 1. The minimum atomic E-state index is -0.0250. The molecule has 1 rings (SSSR count). The van der Waals surface area contributed by atoms with Gasteiger partial charge in [0.05, 0.1) is 11.3 Å². The van der Waals surface area contributed by atoms with Gasteiger partial charge in [-0.25, -0.2) is 0 Å². The van der Waals surface area contributed by atoms with E-state index in [1.54, 1.807) is 11.9 Å². The highest BCUT2D eigenvalue weighted by Crippen LogP contribution is 2.10. The molecule has 88 valence electrons. The zero-order chi connectivity index (χ0) is 12.3. The van der Waals surface area contributed by atoms with Crippen molar-refractivity contribution in [1.29, 1.82) is 0 Å². The number of carbonyl (C=O) groups is 1. The van der Waals surface area contributed by atoms with E-state index in [1.807, 2.05) is 32.9 Å². The molecule has 4 nitrogen and oxygen atoms in total. The van der Waals surface area contributed by atoms with Gasteiger partial charge in [-0.2, -0.15) is 0 Å². The van der Waals surface area contributed by atoms with Gasteiger partial charge in [0.2, 0.25) is 0 Å². The standard InChI is InChI=1S/C12H19N3O/c1-8-5-6-11(10(3)14-8)12(16)15(4)9(2)7-13/h5-6,9H,7,13H2,1-4H3. The predicted octanol–water partition coefficient (Wildman–Crippen LogP) is 1.12. The van der Waals surface area contributed by atoms with Crippen molar-refractivity contribution in [3.8, 4) is 0 Å². The van der Waals surface area contributed by atoms with Gasteiger partial charge in [-0.15, -0.1) is 0 Å². The van der Waals surface area contributed by atoms with Crippen molar-refractivity contribution in [1.82, 2.24) is 9.88 Å². The normalized spacial score (nSPS) is 12.3. The Hall–Kier alpha value is -1.42.